The topological polar surface area (TPSA) is 91.3 Å². The number of carbonyl (C=O) groups excluding carboxylic acids is 3. The predicted octanol–water partition coefficient (Wildman–Crippen LogP) is 7.00. The van der Waals surface area contributed by atoms with Gasteiger partial charge in [0.1, 0.15) is 5.92 Å². The van der Waals surface area contributed by atoms with Gasteiger partial charge in [-0.15, -0.1) is 0 Å². The molecule has 240 valence electrons. The van der Waals surface area contributed by atoms with Crippen molar-refractivity contribution < 1.29 is 19.1 Å². The molecule has 0 saturated heterocycles. The van der Waals surface area contributed by atoms with Crippen LogP contribution in [0.2, 0.25) is 0 Å². The number of hydrogen-bond donors (Lipinski definition) is 1. The molecule has 0 saturated carbocycles. The van der Waals surface area contributed by atoms with E-state index >= 15 is 0 Å². The molecule has 5 aromatic carbocycles. The molecule has 0 aliphatic carbocycles. The van der Waals surface area contributed by atoms with Gasteiger partial charge in [-0.05, 0) is 65.7 Å². The number of nitrogens with zero attached hydrogens (tertiary/aromatic N) is 3. The number of hydrogen-bond acceptors (Lipinski definition) is 6. The highest BCUT2D eigenvalue weighted by atomic mass is 16.5. The van der Waals surface area contributed by atoms with Crippen molar-refractivity contribution in [1.29, 1.82) is 0 Å². The lowest BCUT2D eigenvalue weighted by Crippen LogP contribution is -2.38. The van der Waals surface area contributed by atoms with Crippen LogP contribution in [-0.4, -0.2) is 49.1 Å². The van der Waals surface area contributed by atoms with Crippen LogP contribution in [0.15, 0.2) is 138 Å². The van der Waals surface area contributed by atoms with Crippen molar-refractivity contribution in [1.82, 2.24) is 4.90 Å². The highest BCUT2D eigenvalue weighted by molar-refractivity contribution is 6.24. The first-order valence-electron chi connectivity index (χ1n) is 15.7. The summed E-state index contributed by atoms with van der Waals surface area (Å²) in [5, 5.41) is 2.92. The lowest BCUT2D eigenvalue weighted by Gasteiger charge is -2.26. The van der Waals surface area contributed by atoms with Crippen LogP contribution in [-0.2, 0) is 27.4 Å². The smallest absolute Gasteiger partial charge is 0.337 e. The molecule has 0 radical (unpaired) electrons. The second-order valence-electron chi connectivity index (χ2n) is 11.7. The third-order valence-corrected chi connectivity index (χ3v) is 8.24. The number of aliphatic imine (C=N–C) groups is 1. The Hall–Kier alpha value is -5.86. The monoisotopic (exact) mass is 636 g/mol. The molecule has 1 aliphatic heterocycles. The average molecular weight is 637 g/mol. The SMILES string of the molecule is COC(=O)c1ccc2c(c1)NC(=O)C2C(=Nc1ccc(N(Cc2ccccc2)C(=O)CN(C)Cc2ccccc2)cc1)c1ccccc1. The van der Waals surface area contributed by atoms with Gasteiger partial charge in [0.05, 0.1) is 37.2 Å². The first-order chi connectivity index (χ1) is 23.4. The van der Waals surface area contributed by atoms with Gasteiger partial charge in [-0.25, -0.2) is 4.79 Å². The van der Waals surface area contributed by atoms with Gasteiger partial charge < -0.3 is 15.0 Å². The third-order valence-electron chi connectivity index (χ3n) is 8.24. The zero-order chi connectivity index (χ0) is 33.5. The van der Waals surface area contributed by atoms with E-state index in [2.05, 4.69) is 17.4 Å². The van der Waals surface area contributed by atoms with Gasteiger partial charge in [0.15, 0.2) is 0 Å². The van der Waals surface area contributed by atoms with Gasteiger partial charge in [0, 0.05) is 17.9 Å². The summed E-state index contributed by atoms with van der Waals surface area (Å²) in [4.78, 5) is 48.2. The van der Waals surface area contributed by atoms with Crippen molar-refractivity contribution >= 4 is 40.6 Å². The van der Waals surface area contributed by atoms with Gasteiger partial charge in [0.25, 0.3) is 0 Å². The molecular weight excluding hydrogens is 600 g/mol. The molecular formula is C40H36N4O4. The maximum atomic E-state index is 13.8. The Kier molecular flexibility index (Phi) is 9.83. The molecule has 1 atom stereocenters. The molecule has 1 aliphatic rings. The van der Waals surface area contributed by atoms with E-state index in [1.165, 1.54) is 7.11 Å². The number of likely N-dealkylation sites (N-methyl/N-ethyl adjacent to an activating group) is 1. The molecule has 48 heavy (non-hydrogen) atoms. The van der Waals surface area contributed by atoms with Crippen LogP contribution >= 0.6 is 0 Å². The zero-order valence-corrected chi connectivity index (χ0v) is 26.9. The molecule has 1 N–H and O–H groups in total. The lowest BCUT2D eigenvalue weighted by atomic mass is 9.90. The second kappa shape index (κ2) is 14.7. The molecule has 2 amide bonds. The molecule has 0 fully saturated rings. The maximum Gasteiger partial charge on any atom is 0.337 e. The van der Waals surface area contributed by atoms with E-state index in [0.717, 1.165) is 27.9 Å². The van der Waals surface area contributed by atoms with Crippen LogP contribution in [0.3, 0.4) is 0 Å². The highest BCUT2D eigenvalue weighted by Gasteiger charge is 2.36. The Balaban J connectivity index is 1.30. The van der Waals surface area contributed by atoms with Crippen LogP contribution in [0.5, 0.6) is 0 Å². The van der Waals surface area contributed by atoms with Crippen LogP contribution in [0.4, 0.5) is 17.1 Å². The Labute approximate surface area is 280 Å². The fraction of sp³-hybridized carbons (Fsp3) is 0.150. The molecule has 0 aromatic heterocycles. The van der Waals surface area contributed by atoms with Crippen molar-refractivity contribution in [2.45, 2.75) is 19.0 Å². The zero-order valence-electron chi connectivity index (χ0n) is 26.9. The number of benzene rings is 5. The summed E-state index contributed by atoms with van der Waals surface area (Å²) < 4.78 is 4.86. The summed E-state index contributed by atoms with van der Waals surface area (Å²) in [5.74, 6) is -1.42. The molecule has 8 heteroatoms. The largest absolute Gasteiger partial charge is 0.465 e. The number of ether oxygens (including phenoxy) is 1. The fourth-order valence-electron chi connectivity index (χ4n) is 5.89. The maximum absolute atomic E-state index is 13.8. The Bertz CT molecular complexity index is 1930. The number of carbonyl (C=O) groups is 3. The van der Waals surface area contributed by atoms with Gasteiger partial charge in [-0.3, -0.25) is 19.5 Å². The molecule has 0 spiro atoms. The molecule has 6 rings (SSSR count). The van der Waals surface area contributed by atoms with Gasteiger partial charge in [-0.1, -0.05) is 97.1 Å². The number of anilines is 2. The lowest BCUT2D eigenvalue weighted by molar-refractivity contribution is -0.119. The van der Waals surface area contributed by atoms with E-state index in [0.29, 0.717) is 35.7 Å². The molecule has 5 aromatic rings. The number of nitrogens with one attached hydrogen (secondary N) is 1. The van der Waals surface area contributed by atoms with Crippen molar-refractivity contribution in [3.05, 3.63) is 161 Å². The van der Waals surface area contributed by atoms with Gasteiger partial charge >= 0.3 is 5.97 Å². The Morgan fingerprint density at radius 2 is 1.35 bits per heavy atom. The first-order valence-corrected chi connectivity index (χ1v) is 15.7. The van der Waals surface area contributed by atoms with E-state index in [-0.39, 0.29) is 18.4 Å². The Morgan fingerprint density at radius 1 is 0.750 bits per heavy atom. The summed E-state index contributed by atoms with van der Waals surface area (Å²) in [6.45, 7) is 1.32. The summed E-state index contributed by atoms with van der Waals surface area (Å²) in [7, 11) is 3.27. The normalized spacial score (nSPS) is 13.9. The van der Waals surface area contributed by atoms with Gasteiger partial charge in [-0.2, -0.15) is 0 Å². The Morgan fingerprint density at radius 3 is 1.98 bits per heavy atom. The van der Waals surface area contributed by atoms with E-state index in [9.17, 15) is 14.4 Å². The van der Waals surface area contributed by atoms with Crippen LogP contribution in [0.25, 0.3) is 0 Å². The fourth-order valence-corrected chi connectivity index (χ4v) is 5.89. The quantitative estimate of drug-likeness (QED) is 0.125. The minimum atomic E-state index is -0.690. The summed E-state index contributed by atoms with van der Waals surface area (Å²) in [5.41, 5.74) is 6.55. The summed E-state index contributed by atoms with van der Waals surface area (Å²) in [6, 6.07) is 42.2. The van der Waals surface area contributed by atoms with Crippen molar-refractivity contribution in [2.24, 2.45) is 4.99 Å². The minimum Gasteiger partial charge on any atom is -0.465 e. The van der Waals surface area contributed by atoms with Crippen molar-refractivity contribution in [3.63, 3.8) is 0 Å². The van der Waals surface area contributed by atoms with E-state index < -0.39 is 11.9 Å². The van der Waals surface area contributed by atoms with Gasteiger partial charge in [0.2, 0.25) is 11.8 Å². The summed E-state index contributed by atoms with van der Waals surface area (Å²) >= 11 is 0. The number of amides is 2. The highest BCUT2D eigenvalue weighted by Crippen LogP contribution is 2.37. The predicted molar refractivity (Wildman–Crippen MR) is 189 cm³/mol. The van der Waals surface area contributed by atoms with Crippen molar-refractivity contribution in [3.8, 4) is 0 Å². The van der Waals surface area contributed by atoms with Crippen LogP contribution < -0.4 is 10.2 Å². The number of rotatable bonds is 11. The van der Waals surface area contributed by atoms with Crippen LogP contribution in [0, 0.1) is 0 Å². The summed E-state index contributed by atoms with van der Waals surface area (Å²) in [6.07, 6.45) is 0. The molecule has 1 heterocycles. The standard InChI is InChI=1S/C40H36N4O4/c1-43(25-28-12-6-3-7-13-28)27-36(45)44(26-29-14-8-4-9-15-29)33-21-19-32(20-22-33)41-38(30-16-10-5-11-17-30)37-34-23-18-31(40(47)48-2)24-35(34)42-39(37)46/h3-24,37H,25-27H2,1-2H3,(H,42,46). The van der Waals surface area contributed by atoms with E-state index in [4.69, 9.17) is 9.73 Å². The van der Waals surface area contributed by atoms with E-state index in [1.807, 2.05) is 115 Å². The first kappa shape index (κ1) is 32.1. The minimum absolute atomic E-state index is 0.0240. The second-order valence-corrected chi connectivity index (χ2v) is 11.7. The molecule has 0 bridgehead atoms. The van der Waals surface area contributed by atoms with Crippen LogP contribution in [0.1, 0.15) is 38.5 Å². The number of esters is 1. The molecule has 1 unspecified atom stereocenters. The number of fused-ring (bicyclic) bond motifs is 1. The van der Waals surface area contributed by atoms with E-state index in [1.54, 1.807) is 23.1 Å². The molecule has 8 nitrogen and oxygen atoms in total. The number of methoxy groups -OCH3 is 1. The third kappa shape index (κ3) is 7.40. The average Bonchev–Trinajstić information content (AvgIpc) is 3.45. The van der Waals surface area contributed by atoms with Crippen molar-refractivity contribution in [2.75, 3.05) is 30.9 Å².